The molecule has 0 unspecified atom stereocenters. The van der Waals surface area contributed by atoms with Crippen molar-refractivity contribution in [2.75, 3.05) is 32.7 Å². The molecule has 6 heteroatoms. The number of carbonyl (C=O) groups excluding carboxylic acids is 2. The van der Waals surface area contributed by atoms with Gasteiger partial charge in [0.1, 0.15) is 5.82 Å². The summed E-state index contributed by atoms with van der Waals surface area (Å²) >= 11 is 0. The first-order valence-corrected chi connectivity index (χ1v) is 10.0. The van der Waals surface area contributed by atoms with Gasteiger partial charge in [-0.2, -0.15) is 0 Å². The summed E-state index contributed by atoms with van der Waals surface area (Å²) in [5.41, 5.74) is 0.534. The van der Waals surface area contributed by atoms with E-state index in [0.717, 1.165) is 6.54 Å². The molecule has 0 aromatic heterocycles. The lowest BCUT2D eigenvalue weighted by molar-refractivity contribution is -0.0508. The van der Waals surface area contributed by atoms with Gasteiger partial charge < -0.3 is 9.80 Å². The predicted octanol–water partition coefficient (Wildman–Crippen LogP) is 2.89. The highest BCUT2D eigenvalue weighted by molar-refractivity contribution is 5.95. The summed E-state index contributed by atoms with van der Waals surface area (Å²) in [5.74, 6) is -0.773. The van der Waals surface area contributed by atoms with Gasteiger partial charge in [0.2, 0.25) is 0 Å². The number of benzene rings is 2. The molecule has 29 heavy (non-hydrogen) atoms. The summed E-state index contributed by atoms with van der Waals surface area (Å²) in [6.45, 7) is 7.20. The Morgan fingerprint density at radius 3 is 2.28 bits per heavy atom. The van der Waals surface area contributed by atoms with Gasteiger partial charge in [0.05, 0.1) is 5.56 Å². The summed E-state index contributed by atoms with van der Waals surface area (Å²) in [6, 6.07) is 15.4. The highest BCUT2D eigenvalue weighted by Crippen LogP contribution is 2.29. The number of amides is 2. The van der Waals surface area contributed by atoms with Gasteiger partial charge in [0.25, 0.3) is 11.8 Å². The minimum absolute atomic E-state index is 0.0145. The van der Waals surface area contributed by atoms with E-state index >= 15 is 0 Å². The molecule has 5 nitrogen and oxygen atoms in total. The van der Waals surface area contributed by atoms with E-state index in [9.17, 15) is 14.0 Å². The minimum Gasteiger partial charge on any atom is -0.336 e. The molecule has 0 spiro atoms. The van der Waals surface area contributed by atoms with Crippen LogP contribution < -0.4 is 0 Å². The third kappa shape index (κ3) is 3.77. The monoisotopic (exact) mass is 395 g/mol. The molecule has 2 aromatic carbocycles. The molecule has 0 N–H and O–H groups in total. The van der Waals surface area contributed by atoms with Crippen LogP contribution in [-0.4, -0.2) is 70.8 Å². The molecule has 0 radical (unpaired) electrons. The van der Waals surface area contributed by atoms with Gasteiger partial charge in [-0.3, -0.25) is 14.5 Å². The van der Waals surface area contributed by atoms with Crippen molar-refractivity contribution in [3.63, 3.8) is 0 Å². The Kier molecular flexibility index (Phi) is 5.13. The van der Waals surface area contributed by atoms with E-state index in [1.165, 1.54) is 12.1 Å². The molecule has 2 aromatic rings. The van der Waals surface area contributed by atoms with Gasteiger partial charge in [-0.05, 0) is 38.1 Å². The molecule has 2 heterocycles. The fourth-order valence-corrected chi connectivity index (χ4v) is 4.59. The van der Waals surface area contributed by atoms with Crippen LogP contribution in [0.3, 0.4) is 0 Å². The third-order valence-corrected chi connectivity index (χ3v) is 5.97. The summed E-state index contributed by atoms with van der Waals surface area (Å²) in [7, 11) is 0. The number of fused-ring (bicyclic) bond motifs is 1. The molecule has 2 aliphatic rings. The molecular formula is C23H26FN3O2. The first-order chi connectivity index (χ1) is 13.9. The van der Waals surface area contributed by atoms with E-state index in [4.69, 9.17) is 0 Å². The quantitative estimate of drug-likeness (QED) is 0.785. The van der Waals surface area contributed by atoms with Gasteiger partial charge in [0, 0.05) is 49.9 Å². The lowest BCUT2D eigenvalue weighted by atomic mass is 9.92. The first-order valence-electron chi connectivity index (χ1n) is 10.0. The zero-order valence-corrected chi connectivity index (χ0v) is 16.8. The van der Waals surface area contributed by atoms with Crippen molar-refractivity contribution in [1.29, 1.82) is 0 Å². The smallest absolute Gasteiger partial charge is 0.256 e. The maximum atomic E-state index is 14.2. The molecule has 152 valence electrons. The van der Waals surface area contributed by atoms with Crippen LogP contribution >= 0.6 is 0 Å². The number of nitrogens with zero attached hydrogens (tertiary/aromatic N) is 3. The summed E-state index contributed by atoms with van der Waals surface area (Å²) < 4.78 is 14.2. The van der Waals surface area contributed by atoms with Crippen molar-refractivity contribution in [2.24, 2.45) is 0 Å². The fourth-order valence-electron chi connectivity index (χ4n) is 4.59. The maximum Gasteiger partial charge on any atom is 0.256 e. The van der Waals surface area contributed by atoms with E-state index in [2.05, 4.69) is 18.7 Å². The highest BCUT2D eigenvalue weighted by atomic mass is 19.1. The van der Waals surface area contributed by atoms with Crippen LogP contribution in [0.1, 0.15) is 34.6 Å². The average molecular weight is 395 g/mol. The number of carbonyl (C=O) groups is 2. The Labute approximate surface area is 170 Å². The molecule has 0 saturated carbocycles. The van der Waals surface area contributed by atoms with Crippen molar-refractivity contribution in [2.45, 2.75) is 25.4 Å². The van der Waals surface area contributed by atoms with Crippen molar-refractivity contribution in [3.05, 3.63) is 71.5 Å². The fraction of sp³-hybridized carbons (Fsp3) is 0.391. The van der Waals surface area contributed by atoms with Crippen LogP contribution in [0.2, 0.25) is 0 Å². The van der Waals surface area contributed by atoms with Gasteiger partial charge in [-0.1, -0.05) is 30.3 Å². The number of piperazine rings is 2. The molecule has 2 amide bonds. The molecule has 2 fully saturated rings. The normalized spacial score (nSPS) is 21.6. The predicted molar refractivity (Wildman–Crippen MR) is 109 cm³/mol. The Hall–Kier alpha value is -2.73. The van der Waals surface area contributed by atoms with Gasteiger partial charge in [0.15, 0.2) is 0 Å². The van der Waals surface area contributed by atoms with Crippen LogP contribution in [0.4, 0.5) is 4.39 Å². The van der Waals surface area contributed by atoms with Crippen LogP contribution in [0.5, 0.6) is 0 Å². The zero-order chi connectivity index (χ0) is 20.6. The Morgan fingerprint density at radius 2 is 1.55 bits per heavy atom. The second-order valence-corrected chi connectivity index (χ2v) is 8.44. The molecule has 4 rings (SSSR count). The van der Waals surface area contributed by atoms with Crippen molar-refractivity contribution < 1.29 is 14.0 Å². The van der Waals surface area contributed by atoms with Crippen LogP contribution in [0.15, 0.2) is 54.6 Å². The number of hydrogen-bond donors (Lipinski definition) is 0. The maximum absolute atomic E-state index is 14.2. The molecule has 2 saturated heterocycles. The Balaban J connectivity index is 1.54. The van der Waals surface area contributed by atoms with E-state index in [0.29, 0.717) is 31.7 Å². The van der Waals surface area contributed by atoms with Gasteiger partial charge >= 0.3 is 0 Å². The lowest BCUT2D eigenvalue weighted by Crippen LogP contribution is -2.70. The number of halogens is 1. The van der Waals surface area contributed by atoms with Crippen molar-refractivity contribution in [3.8, 4) is 0 Å². The van der Waals surface area contributed by atoms with Crippen LogP contribution in [0.25, 0.3) is 0 Å². The zero-order valence-electron chi connectivity index (χ0n) is 16.8. The van der Waals surface area contributed by atoms with Gasteiger partial charge in [-0.15, -0.1) is 0 Å². The van der Waals surface area contributed by atoms with Crippen molar-refractivity contribution >= 4 is 11.8 Å². The molecule has 0 bridgehead atoms. The Morgan fingerprint density at radius 1 is 0.897 bits per heavy atom. The summed E-state index contributed by atoms with van der Waals surface area (Å²) in [4.78, 5) is 31.9. The molecule has 0 aliphatic carbocycles. The van der Waals surface area contributed by atoms with Crippen LogP contribution in [0, 0.1) is 5.82 Å². The van der Waals surface area contributed by atoms with E-state index < -0.39 is 5.82 Å². The molecular weight excluding hydrogens is 369 g/mol. The van der Waals surface area contributed by atoms with Crippen molar-refractivity contribution in [1.82, 2.24) is 14.7 Å². The highest BCUT2D eigenvalue weighted by Gasteiger charge is 2.44. The topological polar surface area (TPSA) is 43.9 Å². The average Bonchev–Trinajstić information content (AvgIpc) is 2.72. The van der Waals surface area contributed by atoms with E-state index in [-0.39, 0.29) is 29.0 Å². The minimum atomic E-state index is -0.498. The standard InChI is InChI=1S/C23H26FN3O2/c1-23(2)16-26(22(29)19-10-6-7-11-20(19)24)15-18-14-25(12-13-27(18)23)21(28)17-8-4-3-5-9-17/h3-11,18H,12-16H2,1-2H3/t18-/m0/s1. The lowest BCUT2D eigenvalue weighted by Gasteiger charge is -2.55. The Bertz CT molecular complexity index is 915. The molecule has 1 atom stereocenters. The van der Waals surface area contributed by atoms with E-state index in [1.54, 1.807) is 17.0 Å². The number of rotatable bonds is 2. The number of hydrogen-bond acceptors (Lipinski definition) is 3. The van der Waals surface area contributed by atoms with E-state index in [1.807, 2.05) is 35.2 Å². The third-order valence-electron chi connectivity index (χ3n) is 5.97. The van der Waals surface area contributed by atoms with Crippen LogP contribution in [-0.2, 0) is 0 Å². The summed E-state index contributed by atoms with van der Waals surface area (Å²) in [5, 5.41) is 0. The second kappa shape index (κ2) is 7.59. The van der Waals surface area contributed by atoms with Gasteiger partial charge in [-0.25, -0.2) is 4.39 Å². The largest absolute Gasteiger partial charge is 0.336 e. The second-order valence-electron chi connectivity index (χ2n) is 8.44. The molecule has 2 aliphatic heterocycles. The first kappa shape index (κ1) is 19.6. The SMILES string of the molecule is CC1(C)CN(C(=O)c2ccccc2F)C[C@@H]2CN(C(=O)c3ccccc3)CCN21. The summed E-state index contributed by atoms with van der Waals surface area (Å²) in [6.07, 6.45) is 0.